The van der Waals surface area contributed by atoms with E-state index < -0.39 is 17.7 Å². The van der Waals surface area contributed by atoms with Crippen LogP contribution in [0.4, 0.5) is 0 Å². The van der Waals surface area contributed by atoms with Crippen molar-refractivity contribution in [1.82, 2.24) is 4.90 Å². The molecule has 1 N–H and O–H groups in total. The molecule has 7 nitrogen and oxygen atoms in total. The number of aliphatic hydroxyl groups excluding tert-OH is 1. The van der Waals surface area contributed by atoms with Gasteiger partial charge in [-0.05, 0) is 45.0 Å². The highest BCUT2D eigenvalue weighted by atomic mass is 16.5. The van der Waals surface area contributed by atoms with Crippen molar-refractivity contribution in [2.24, 2.45) is 0 Å². The predicted molar refractivity (Wildman–Crippen MR) is 107 cm³/mol. The van der Waals surface area contributed by atoms with E-state index in [0.29, 0.717) is 22.8 Å². The van der Waals surface area contributed by atoms with Crippen molar-refractivity contribution in [1.29, 1.82) is 0 Å². The number of aryl methyl sites for hydroxylation is 1. The van der Waals surface area contributed by atoms with Crippen LogP contribution in [0.1, 0.15) is 37.0 Å². The molecule has 1 amide bonds. The lowest BCUT2D eigenvalue weighted by atomic mass is 9.99. The number of Topliss-reactive ketones (excluding diaryl/α,β-unsaturated/α-hetero) is 1. The van der Waals surface area contributed by atoms with Crippen molar-refractivity contribution >= 4 is 17.4 Å². The number of benzene rings is 1. The van der Waals surface area contributed by atoms with Crippen LogP contribution in [-0.2, 0) is 14.3 Å². The van der Waals surface area contributed by atoms with Crippen molar-refractivity contribution in [3.05, 3.63) is 59.1 Å². The predicted octanol–water partition coefficient (Wildman–Crippen LogP) is 3.44. The van der Waals surface area contributed by atoms with Crippen LogP contribution >= 0.6 is 0 Å². The number of nitrogens with zero attached hydrogens (tertiary/aromatic N) is 1. The number of carbonyl (C=O) groups is 2. The van der Waals surface area contributed by atoms with Gasteiger partial charge in [-0.1, -0.05) is 12.1 Å². The molecule has 1 aliphatic heterocycles. The van der Waals surface area contributed by atoms with Gasteiger partial charge in [0.2, 0.25) is 0 Å². The van der Waals surface area contributed by atoms with Crippen molar-refractivity contribution in [2.75, 3.05) is 20.3 Å². The lowest BCUT2D eigenvalue weighted by Gasteiger charge is -2.23. The summed E-state index contributed by atoms with van der Waals surface area (Å²) in [6.07, 6.45) is -0.0434. The van der Waals surface area contributed by atoms with E-state index in [9.17, 15) is 14.7 Å². The second-order valence-corrected chi connectivity index (χ2v) is 7.13. The summed E-state index contributed by atoms with van der Waals surface area (Å²) in [5.74, 6) is -0.108. The third-order valence-corrected chi connectivity index (χ3v) is 4.59. The summed E-state index contributed by atoms with van der Waals surface area (Å²) in [4.78, 5) is 26.9. The van der Waals surface area contributed by atoms with Crippen LogP contribution in [0.15, 0.2) is 46.4 Å². The fourth-order valence-electron chi connectivity index (χ4n) is 3.34. The zero-order valence-corrected chi connectivity index (χ0v) is 17.0. The largest absolute Gasteiger partial charge is 0.507 e. The summed E-state index contributed by atoms with van der Waals surface area (Å²) in [5.41, 5.74) is 0.378. The summed E-state index contributed by atoms with van der Waals surface area (Å²) < 4.78 is 16.5. The smallest absolute Gasteiger partial charge is 0.295 e. The average molecular weight is 399 g/mol. The molecule has 1 atom stereocenters. The summed E-state index contributed by atoms with van der Waals surface area (Å²) in [6, 6.07) is 9.42. The summed E-state index contributed by atoms with van der Waals surface area (Å²) >= 11 is 0. The highest BCUT2D eigenvalue weighted by molar-refractivity contribution is 6.46. The van der Waals surface area contributed by atoms with Crippen molar-refractivity contribution in [3.8, 4) is 5.75 Å². The molecule has 1 aliphatic rings. The van der Waals surface area contributed by atoms with Crippen LogP contribution in [0.3, 0.4) is 0 Å². The number of ether oxygens (including phenoxy) is 2. The van der Waals surface area contributed by atoms with Crippen molar-refractivity contribution in [3.63, 3.8) is 0 Å². The molecule has 7 heteroatoms. The summed E-state index contributed by atoms with van der Waals surface area (Å²) in [6.45, 7) is 6.01. The molecule has 0 bridgehead atoms. The Bertz CT molecular complexity index is 942. The van der Waals surface area contributed by atoms with Gasteiger partial charge in [-0.25, -0.2) is 0 Å². The molecule has 2 aromatic rings. The maximum absolute atomic E-state index is 12.8. The van der Waals surface area contributed by atoms with Gasteiger partial charge < -0.3 is 23.9 Å². The van der Waals surface area contributed by atoms with E-state index in [-0.39, 0.29) is 30.6 Å². The minimum atomic E-state index is -0.825. The van der Waals surface area contributed by atoms with Crippen LogP contribution in [-0.4, -0.2) is 48.1 Å². The fraction of sp³-hybridized carbons (Fsp3) is 0.364. The number of aliphatic hydroxyl groups is 1. The first-order valence-electron chi connectivity index (χ1n) is 9.44. The highest BCUT2D eigenvalue weighted by Gasteiger charge is 2.47. The molecule has 2 heterocycles. The summed E-state index contributed by atoms with van der Waals surface area (Å²) in [5, 5.41) is 11.0. The maximum atomic E-state index is 12.8. The lowest BCUT2D eigenvalue weighted by Crippen LogP contribution is -2.32. The van der Waals surface area contributed by atoms with E-state index in [1.807, 2.05) is 13.8 Å². The molecule has 1 aromatic carbocycles. The van der Waals surface area contributed by atoms with Crippen LogP contribution in [0.25, 0.3) is 5.76 Å². The Morgan fingerprint density at radius 3 is 2.62 bits per heavy atom. The molecule has 1 fully saturated rings. The number of ketones is 1. The zero-order chi connectivity index (χ0) is 21.1. The molecular formula is C22H25NO6. The zero-order valence-electron chi connectivity index (χ0n) is 17.0. The van der Waals surface area contributed by atoms with E-state index in [4.69, 9.17) is 13.9 Å². The average Bonchev–Trinajstić information content (AvgIpc) is 3.21. The van der Waals surface area contributed by atoms with Gasteiger partial charge in [0.25, 0.3) is 11.7 Å². The Kier molecular flexibility index (Phi) is 6.08. The number of hydrogen-bond donors (Lipinski definition) is 1. The Morgan fingerprint density at radius 2 is 2.00 bits per heavy atom. The van der Waals surface area contributed by atoms with Gasteiger partial charge >= 0.3 is 0 Å². The molecule has 0 spiro atoms. The van der Waals surface area contributed by atoms with Gasteiger partial charge in [0.15, 0.2) is 0 Å². The molecule has 0 aliphatic carbocycles. The van der Waals surface area contributed by atoms with Gasteiger partial charge in [0, 0.05) is 19.2 Å². The molecule has 1 aromatic heterocycles. The van der Waals surface area contributed by atoms with Gasteiger partial charge in [-0.15, -0.1) is 0 Å². The molecule has 1 unspecified atom stereocenters. The Labute approximate surface area is 169 Å². The van der Waals surface area contributed by atoms with Gasteiger partial charge in [0.1, 0.15) is 29.1 Å². The first-order chi connectivity index (χ1) is 13.8. The first-order valence-corrected chi connectivity index (χ1v) is 9.44. The van der Waals surface area contributed by atoms with Gasteiger partial charge in [0.05, 0.1) is 18.3 Å². The molecule has 29 heavy (non-hydrogen) atoms. The minimum absolute atomic E-state index is 0.0119. The van der Waals surface area contributed by atoms with E-state index in [1.165, 1.54) is 12.0 Å². The highest BCUT2D eigenvalue weighted by Crippen LogP contribution is 2.40. The third-order valence-electron chi connectivity index (χ3n) is 4.59. The number of hydrogen-bond acceptors (Lipinski definition) is 6. The quantitative estimate of drug-likeness (QED) is 0.436. The van der Waals surface area contributed by atoms with Crippen molar-refractivity contribution in [2.45, 2.75) is 32.9 Å². The minimum Gasteiger partial charge on any atom is -0.507 e. The standard InChI is InChI=1S/C22H25NO6/c1-13(2)28-16-7-5-6-15(12-16)20(24)18-19(17-9-8-14(3)29-17)23(10-11-27-4)22(26)21(18)25/h5-9,12-13,19,24H,10-11H2,1-4H3/b20-18-. The monoisotopic (exact) mass is 399 g/mol. The second-order valence-electron chi connectivity index (χ2n) is 7.13. The van der Waals surface area contributed by atoms with Crippen molar-refractivity contribution < 1.29 is 28.6 Å². The van der Waals surface area contributed by atoms with E-state index in [2.05, 4.69) is 0 Å². The normalized spacial score (nSPS) is 18.7. The van der Waals surface area contributed by atoms with Gasteiger partial charge in [-0.2, -0.15) is 0 Å². The topological polar surface area (TPSA) is 89.2 Å². The molecular weight excluding hydrogens is 374 g/mol. The molecule has 0 saturated carbocycles. The first kappa shape index (κ1) is 20.7. The molecule has 154 valence electrons. The second kappa shape index (κ2) is 8.53. The number of likely N-dealkylation sites (tertiary alicyclic amines) is 1. The fourth-order valence-corrected chi connectivity index (χ4v) is 3.34. The van der Waals surface area contributed by atoms with E-state index in [0.717, 1.165) is 0 Å². The number of amides is 1. The Morgan fingerprint density at radius 1 is 1.24 bits per heavy atom. The third kappa shape index (κ3) is 4.19. The summed E-state index contributed by atoms with van der Waals surface area (Å²) in [7, 11) is 1.52. The SMILES string of the molecule is COCCN1C(=O)C(=O)/C(=C(\O)c2cccc(OC(C)C)c2)C1c1ccc(C)o1. The number of carbonyl (C=O) groups excluding carboxylic acids is 2. The van der Waals surface area contributed by atoms with Crippen LogP contribution in [0.5, 0.6) is 5.75 Å². The van der Waals surface area contributed by atoms with Crippen LogP contribution < -0.4 is 4.74 Å². The van der Waals surface area contributed by atoms with Crippen LogP contribution in [0, 0.1) is 6.92 Å². The van der Waals surface area contributed by atoms with Gasteiger partial charge in [-0.3, -0.25) is 9.59 Å². The van der Waals surface area contributed by atoms with E-state index in [1.54, 1.807) is 43.3 Å². The molecule has 3 rings (SSSR count). The maximum Gasteiger partial charge on any atom is 0.295 e. The van der Waals surface area contributed by atoms with Crippen LogP contribution in [0.2, 0.25) is 0 Å². The Hall–Kier alpha value is -3.06. The number of rotatable bonds is 7. The number of furan rings is 1. The van der Waals surface area contributed by atoms with E-state index >= 15 is 0 Å². The molecule has 0 radical (unpaired) electrons. The number of methoxy groups -OCH3 is 1. The lowest BCUT2D eigenvalue weighted by molar-refractivity contribution is -0.140. The molecule has 1 saturated heterocycles. The Balaban J connectivity index is 2.10.